The van der Waals surface area contributed by atoms with E-state index in [1.165, 1.54) is 0 Å². The van der Waals surface area contributed by atoms with Gasteiger partial charge in [-0.2, -0.15) is 0 Å². The van der Waals surface area contributed by atoms with Gasteiger partial charge in [0.25, 0.3) is 0 Å². The molecule has 2 aromatic rings. The quantitative estimate of drug-likeness (QED) is 0.880. The van der Waals surface area contributed by atoms with Crippen LogP contribution in [0, 0.1) is 6.92 Å². The van der Waals surface area contributed by atoms with Crippen molar-refractivity contribution in [2.75, 3.05) is 0 Å². The minimum atomic E-state index is -0.384. The van der Waals surface area contributed by atoms with Crippen LogP contribution in [0.2, 0.25) is 0 Å². The van der Waals surface area contributed by atoms with E-state index in [0.717, 1.165) is 16.3 Å². The molecule has 0 saturated heterocycles. The SMILES string of the molecule is Cc1nc(CC(O)Cc2cccnc2)cs1. The van der Waals surface area contributed by atoms with Gasteiger partial charge in [0, 0.05) is 30.6 Å². The van der Waals surface area contributed by atoms with Gasteiger partial charge in [0.2, 0.25) is 0 Å². The zero-order valence-electron chi connectivity index (χ0n) is 9.13. The van der Waals surface area contributed by atoms with Crippen molar-refractivity contribution in [2.24, 2.45) is 0 Å². The first-order chi connectivity index (χ1) is 7.74. The first-order valence-electron chi connectivity index (χ1n) is 5.22. The largest absolute Gasteiger partial charge is 0.392 e. The molecule has 84 valence electrons. The second-order valence-electron chi connectivity index (χ2n) is 3.78. The maximum atomic E-state index is 9.90. The van der Waals surface area contributed by atoms with Gasteiger partial charge in [-0.15, -0.1) is 11.3 Å². The molecule has 2 aromatic heterocycles. The molecule has 0 saturated carbocycles. The highest BCUT2D eigenvalue weighted by molar-refractivity contribution is 7.09. The van der Waals surface area contributed by atoms with Crippen molar-refractivity contribution >= 4 is 11.3 Å². The topological polar surface area (TPSA) is 46.0 Å². The fraction of sp³-hybridized carbons (Fsp3) is 0.333. The molecular weight excluding hydrogens is 220 g/mol. The third-order valence-corrected chi connectivity index (χ3v) is 3.13. The fourth-order valence-corrected chi connectivity index (χ4v) is 2.23. The number of rotatable bonds is 4. The number of hydrogen-bond acceptors (Lipinski definition) is 4. The molecule has 0 spiro atoms. The molecule has 1 N–H and O–H groups in total. The summed E-state index contributed by atoms with van der Waals surface area (Å²) in [4.78, 5) is 8.36. The number of aryl methyl sites for hydroxylation is 1. The molecule has 2 heterocycles. The van der Waals surface area contributed by atoms with Gasteiger partial charge in [-0.3, -0.25) is 4.98 Å². The van der Waals surface area contributed by atoms with Crippen molar-refractivity contribution in [2.45, 2.75) is 25.9 Å². The molecule has 0 amide bonds. The highest BCUT2D eigenvalue weighted by atomic mass is 32.1. The fourth-order valence-electron chi connectivity index (χ4n) is 1.61. The number of aliphatic hydroxyl groups is 1. The van der Waals surface area contributed by atoms with E-state index in [1.807, 2.05) is 24.4 Å². The van der Waals surface area contributed by atoms with E-state index in [0.29, 0.717) is 12.8 Å². The lowest BCUT2D eigenvalue weighted by molar-refractivity contribution is 0.174. The van der Waals surface area contributed by atoms with Crippen LogP contribution in [-0.4, -0.2) is 21.2 Å². The van der Waals surface area contributed by atoms with E-state index in [4.69, 9.17) is 0 Å². The normalized spacial score (nSPS) is 12.6. The van der Waals surface area contributed by atoms with E-state index >= 15 is 0 Å². The van der Waals surface area contributed by atoms with Crippen molar-refractivity contribution in [1.29, 1.82) is 0 Å². The highest BCUT2D eigenvalue weighted by Crippen LogP contribution is 2.12. The predicted octanol–water partition coefficient (Wildman–Crippen LogP) is 1.99. The average Bonchev–Trinajstić information content (AvgIpc) is 2.65. The smallest absolute Gasteiger partial charge is 0.0897 e. The summed E-state index contributed by atoms with van der Waals surface area (Å²) in [6.45, 7) is 1.97. The van der Waals surface area contributed by atoms with Crippen LogP contribution in [0.3, 0.4) is 0 Å². The van der Waals surface area contributed by atoms with Crippen LogP contribution in [-0.2, 0) is 12.8 Å². The van der Waals surface area contributed by atoms with Crippen molar-refractivity contribution in [1.82, 2.24) is 9.97 Å². The van der Waals surface area contributed by atoms with Crippen molar-refractivity contribution in [3.8, 4) is 0 Å². The Balaban J connectivity index is 1.92. The monoisotopic (exact) mass is 234 g/mol. The summed E-state index contributed by atoms with van der Waals surface area (Å²) in [6.07, 6.45) is 4.38. The van der Waals surface area contributed by atoms with E-state index in [9.17, 15) is 5.11 Å². The maximum absolute atomic E-state index is 9.90. The molecule has 0 radical (unpaired) electrons. The van der Waals surface area contributed by atoms with Crippen molar-refractivity contribution < 1.29 is 5.11 Å². The lowest BCUT2D eigenvalue weighted by Gasteiger charge is -2.08. The third kappa shape index (κ3) is 3.12. The van der Waals surface area contributed by atoms with E-state index < -0.39 is 0 Å². The Morgan fingerprint density at radius 2 is 2.31 bits per heavy atom. The zero-order valence-corrected chi connectivity index (χ0v) is 9.94. The summed E-state index contributed by atoms with van der Waals surface area (Å²) in [6, 6.07) is 3.86. The highest BCUT2D eigenvalue weighted by Gasteiger charge is 2.08. The molecule has 16 heavy (non-hydrogen) atoms. The number of aliphatic hydroxyl groups excluding tert-OH is 1. The lowest BCUT2D eigenvalue weighted by Crippen LogP contribution is -2.14. The van der Waals surface area contributed by atoms with Crippen molar-refractivity contribution in [3.63, 3.8) is 0 Å². The summed E-state index contributed by atoms with van der Waals surface area (Å²) < 4.78 is 0. The van der Waals surface area contributed by atoms with Crippen LogP contribution in [0.15, 0.2) is 29.9 Å². The number of nitrogens with zero attached hydrogens (tertiary/aromatic N) is 2. The Hall–Kier alpha value is -1.26. The number of pyridine rings is 1. The number of aromatic nitrogens is 2. The molecule has 0 fully saturated rings. The number of hydrogen-bond donors (Lipinski definition) is 1. The average molecular weight is 234 g/mol. The third-order valence-electron chi connectivity index (χ3n) is 2.31. The van der Waals surface area contributed by atoms with Gasteiger partial charge in [0.1, 0.15) is 0 Å². The van der Waals surface area contributed by atoms with E-state index in [1.54, 1.807) is 23.7 Å². The summed E-state index contributed by atoms with van der Waals surface area (Å²) in [7, 11) is 0. The Labute approximate surface area is 98.8 Å². The Morgan fingerprint density at radius 3 is 2.94 bits per heavy atom. The molecule has 2 rings (SSSR count). The molecule has 0 aromatic carbocycles. The molecule has 0 aliphatic carbocycles. The second-order valence-corrected chi connectivity index (χ2v) is 4.84. The van der Waals surface area contributed by atoms with E-state index in [-0.39, 0.29) is 6.10 Å². The molecular formula is C12H14N2OS. The summed E-state index contributed by atoms with van der Waals surface area (Å²) in [5, 5.41) is 12.9. The minimum absolute atomic E-state index is 0.384. The van der Waals surface area contributed by atoms with Crippen molar-refractivity contribution in [3.05, 3.63) is 46.2 Å². The molecule has 0 bridgehead atoms. The Bertz CT molecular complexity index is 441. The van der Waals surface area contributed by atoms with Gasteiger partial charge >= 0.3 is 0 Å². The van der Waals surface area contributed by atoms with Crippen LogP contribution < -0.4 is 0 Å². The summed E-state index contributed by atoms with van der Waals surface area (Å²) in [5.41, 5.74) is 2.03. The summed E-state index contributed by atoms with van der Waals surface area (Å²) in [5.74, 6) is 0. The van der Waals surface area contributed by atoms with Crippen LogP contribution in [0.4, 0.5) is 0 Å². The standard InChI is InChI=1S/C12H14N2OS/c1-9-14-11(8-16-9)6-12(15)5-10-3-2-4-13-7-10/h2-4,7-8,12,15H,5-6H2,1H3. The van der Waals surface area contributed by atoms with Gasteiger partial charge in [-0.25, -0.2) is 4.98 Å². The first-order valence-corrected chi connectivity index (χ1v) is 6.10. The van der Waals surface area contributed by atoms with Gasteiger partial charge in [0.05, 0.1) is 16.8 Å². The lowest BCUT2D eigenvalue weighted by atomic mass is 10.1. The molecule has 1 unspecified atom stereocenters. The van der Waals surface area contributed by atoms with Gasteiger partial charge < -0.3 is 5.11 Å². The molecule has 1 atom stereocenters. The van der Waals surface area contributed by atoms with Gasteiger partial charge in [-0.1, -0.05) is 6.07 Å². The predicted molar refractivity (Wildman–Crippen MR) is 64.5 cm³/mol. The van der Waals surface area contributed by atoms with Gasteiger partial charge in [0.15, 0.2) is 0 Å². The molecule has 4 heteroatoms. The van der Waals surface area contributed by atoms with Crippen LogP contribution in [0.25, 0.3) is 0 Å². The first kappa shape index (κ1) is 11.2. The second kappa shape index (κ2) is 5.18. The van der Waals surface area contributed by atoms with Crippen LogP contribution >= 0.6 is 11.3 Å². The van der Waals surface area contributed by atoms with Crippen LogP contribution in [0.1, 0.15) is 16.3 Å². The Morgan fingerprint density at radius 1 is 1.44 bits per heavy atom. The molecule has 0 aliphatic rings. The molecule has 3 nitrogen and oxygen atoms in total. The zero-order chi connectivity index (χ0) is 11.4. The summed E-state index contributed by atoms with van der Waals surface area (Å²) >= 11 is 1.62. The maximum Gasteiger partial charge on any atom is 0.0897 e. The molecule has 0 aliphatic heterocycles. The minimum Gasteiger partial charge on any atom is -0.392 e. The number of thiazole rings is 1. The van der Waals surface area contributed by atoms with Crippen LogP contribution in [0.5, 0.6) is 0 Å². The van der Waals surface area contributed by atoms with E-state index in [2.05, 4.69) is 9.97 Å². The Kier molecular flexibility index (Phi) is 3.64. The van der Waals surface area contributed by atoms with Gasteiger partial charge in [-0.05, 0) is 18.6 Å².